The van der Waals surface area contributed by atoms with Gasteiger partial charge >= 0.3 is 0 Å². The van der Waals surface area contributed by atoms with E-state index < -0.39 is 0 Å². The molecule has 0 bridgehead atoms. The van der Waals surface area contributed by atoms with Gasteiger partial charge in [0, 0.05) is 0 Å². The maximum absolute atomic E-state index is 2.26. The molecule has 0 heterocycles. The van der Waals surface area contributed by atoms with Gasteiger partial charge in [0.1, 0.15) is 0 Å². The van der Waals surface area contributed by atoms with Crippen LogP contribution in [0.4, 0.5) is 0 Å². The Balaban J connectivity index is -0.000000226. The van der Waals surface area contributed by atoms with Gasteiger partial charge in [-0.15, -0.1) is 0 Å². The van der Waals surface area contributed by atoms with Crippen LogP contribution in [0, 0.1) is 0 Å². The number of unbranched alkanes of at least 4 members (excludes halogenated alkanes) is 6. The lowest BCUT2D eigenvalue weighted by atomic mass is 10.1. The molecule has 0 aromatic heterocycles. The molecule has 0 unspecified atom stereocenters. The van der Waals surface area contributed by atoms with Crippen LogP contribution in [-0.4, -0.2) is 0 Å². The molecule has 0 radical (unpaired) electrons. The van der Waals surface area contributed by atoms with Gasteiger partial charge in [0.25, 0.3) is 0 Å². The Morgan fingerprint density at radius 3 is 1.10 bits per heavy atom. The fourth-order valence-electron chi connectivity index (χ4n) is 1.57. The van der Waals surface area contributed by atoms with Crippen LogP contribution in [0.15, 0.2) is 24.3 Å². The number of allylic oxidation sites excluding steroid dienone is 4. The van der Waals surface area contributed by atoms with Crippen LogP contribution in [-0.2, 0) is 0 Å². The summed E-state index contributed by atoms with van der Waals surface area (Å²) >= 11 is 0. The molecule has 0 heteroatoms. The van der Waals surface area contributed by atoms with Crippen molar-refractivity contribution in [1.29, 1.82) is 0 Å². The summed E-state index contributed by atoms with van der Waals surface area (Å²) in [6.45, 7) is 12.8. The molecule has 20 heavy (non-hydrogen) atoms. The van der Waals surface area contributed by atoms with Crippen LogP contribution < -0.4 is 0 Å². The smallest absolute Gasteiger partial charge is 0.0313 e. The van der Waals surface area contributed by atoms with Gasteiger partial charge in [-0.2, -0.15) is 0 Å². The van der Waals surface area contributed by atoms with Crippen molar-refractivity contribution >= 4 is 0 Å². The van der Waals surface area contributed by atoms with Crippen molar-refractivity contribution in [3.8, 4) is 0 Å². The lowest BCUT2D eigenvalue weighted by molar-refractivity contribution is 0.602. The van der Waals surface area contributed by atoms with Gasteiger partial charge in [-0.3, -0.25) is 0 Å². The third-order valence-corrected chi connectivity index (χ3v) is 2.59. The maximum Gasteiger partial charge on any atom is -0.0313 e. The minimum atomic E-state index is 1.23. The quantitative estimate of drug-likeness (QED) is 0.432. The Kier molecular flexibility index (Phi) is 38.1. The summed E-state index contributed by atoms with van der Waals surface area (Å²) in [6, 6.07) is 0. The first-order chi connectivity index (χ1) is 9.83. The Hall–Kier alpha value is -0.520. The second-order valence-electron chi connectivity index (χ2n) is 4.91. The number of rotatable bonds is 6. The van der Waals surface area contributed by atoms with Crippen molar-refractivity contribution < 1.29 is 0 Å². The molecule has 0 amide bonds. The molecule has 0 N–H and O–H groups in total. The molecule has 0 aliphatic heterocycles. The van der Waals surface area contributed by atoms with Crippen LogP contribution >= 0.6 is 0 Å². The molecular formula is C20H42. The topological polar surface area (TPSA) is 0 Å². The van der Waals surface area contributed by atoms with E-state index in [1.165, 1.54) is 64.2 Å². The van der Waals surface area contributed by atoms with E-state index in [2.05, 4.69) is 52.0 Å². The number of hydrogen-bond donors (Lipinski definition) is 0. The Morgan fingerprint density at radius 2 is 0.900 bits per heavy atom. The molecule has 1 aliphatic carbocycles. The van der Waals surface area contributed by atoms with Gasteiger partial charge < -0.3 is 0 Å². The predicted octanol–water partition coefficient (Wildman–Crippen LogP) is 8.09. The highest BCUT2D eigenvalue weighted by molar-refractivity contribution is 5.07. The van der Waals surface area contributed by atoms with Crippen molar-refractivity contribution in [3.63, 3.8) is 0 Å². The minimum absolute atomic E-state index is 1.23. The fraction of sp³-hybridized carbons (Fsp3) is 0.800. The highest BCUT2D eigenvalue weighted by Crippen LogP contribution is 2.05. The first-order valence-electron chi connectivity index (χ1n) is 9.14. The standard InChI is InChI=1S/C9H20.C6H8.C3H8.C2H6/c1-3-5-7-9-8-6-4-2;1-2-4-6-5-3-1;1-3-2;1-2/h3-9H2,1-2H3;1-4H,5-6H2;3H2,1-2H3;1-2H3. The SMILES string of the molecule is C1=CCCC=C1.CC.CCC.CCCCCCCCC. The van der Waals surface area contributed by atoms with Crippen LogP contribution in [0.25, 0.3) is 0 Å². The lowest BCUT2D eigenvalue weighted by Crippen LogP contribution is -1.76. The second kappa shape index (κ2) is 31.1. The van der Waals surface area contributed by atoms with Gasteiger partial charge in [0.2, 0.25) is 0 Å². The molecule has 0 spiro atoms. The van der Waals surface area contributed by atoms with Crippen LogP contribution in [0.2, 0.25) is 0 Å². The molecule has 0 saturated carbocycles. The lowest BCUT2D eigenvalue weighted by Gasteiger charge is -1.96. The first kappa shape index (κ1) is 24.5. The van der Waals surface area contributed by atoms with E-state index in [0.29, 0.717) is 0 Å². The minimum Gasteiger partial charge on any atom is -0.0842 e. The number of hydrogen-bond acceptors (Lipinski definition) is 0. The first-order valence-corrected chi connectivity index (χ1v) is 9.14. The average Bonchev–Trinajstić information content (AvgIpc) is 2.52. The third kappa shape index (κ3) is 36.0. The summed E-state index contributed by atoms with van der Waals surface area (Å²) in [5.74, 6) is 0. The summed E-state index contributed by atoms with van der Waals surface area (Å²) < 4.78 is 0. The summed E-state index contributed by atoms with van der Waals surface area (Å²) in [5, 5.41) is 0. The van der Waals surface area contributed by atoms with Crippen LogP contribution in [0.1, 0.15) is 106 Å². The Labute approximate surface area is 130 Å². The van der Waals surface area contributed by atoms with E-state index in [0.717, 1.165) is 0 Å². The Morgan fingerprint density at radius 1 is 0.600 bits per heavy atom. The summed E-state index contributed by atoms with van der Waals surface area (Å²) in [4.78, 5) is 0. The van der Waals surface area contributed by atoms with Gasteiger partial charge in [0.15, 0.2) is 0 Å². The van der Waals surface area contributed by atoms with Crippen LogP contribution in [0.5, 0.6) is 0 Å². The van der Waals surface area contributed by atoms with E-state index in [-0.39, 0.29) is 0 Å². The van der Waals surface area contributed by atoms with E-state index in [1.54, 1.807) is 0 Å². The second-order valence-corrected chi connectivity index (χ2v) is 4.91. The van der Waals surface area contributed by atoms with Crippen molar-refractivity contribution in [1.82, 2.24) is 0 Å². The molecule has 0 aromatic rings. The molecular weight excluding hydrogens is 240 g/mol. The zero-order valence-electron chi connectivity index (χ0n) is 15.4. The molecule has 0 atom stereocenters. The van der Waals surface area contributed by atoms with Crippen molar-refractivity contribution in [2.24, 2.45) is 0 Å². The van der Waals surface area contributed by atoms with E-state index in [9.17, 15) is 0 Å². The summed E-state index contributed by atoms with van der Waals surface area (Å²) in [5.41, 5.74) is 0. The Bertz CT molecular complexity index is 147. The van der Waals surface area contributed by atoms with E-state index in [4.69, 9.17) is 0 Å². The van der Waals surface area contributed by atoms with Gasteiger partial charge in [-0.1, -0.05) is 117 Å². The molecule has 0 fully saturated rings. The molecule has 0 saturated heterocycles. The van der Waals surface area contributed by atoms with E-state index >= 15 is 0 Å². The normalized spacial score (nSPS) is 11.3. The average molecular weight is 283 g/mol. The highest BCUT2D eigenvalue weighted by Gasteiger charge is 1.85. The maximum atomic E-state index is 2.26. The fourth-order valence-corrected chi connectivity index (χ4v) is 1.57. The highest BCUT2D eigenvalue weighted by atomic mass is 13.9. The van der Waals surface area contributed by atoms with Crippen LogP contribution in [0.3, 0.4) is 0 Å². The zero-order chi connectivity index (χ0) is 15.9. The van der Waals surface area contributed by atoms with Crippen molar-refractivity contribution in [2.75, 3.05) is 0 Å². The van der Waals surface area contributed by atoms with Gasteiger partial charge in [-0.05, 0) is 12.8 Å². The molecule has 122 valence electrons. The van der Waals surface area contributed by atoms with Gasteiger partial charge in [-0.25, -0.2) is 0 Å². The van der Waals surface area contributed by atoms with Crippen molar-refractivity contribution in [2.45, 2.75) is 106 Å². The largest absolute Gasteiger partial charge is 0.0842 e. The summed E-state index contributed by atoms with van der Waals surface area (Å²) in [6.07, 6.45) is 22.2. The third-order valence-electron chi connectivity index (χ3n) is 2.59. The monoisotopic (exact) mass is 282 g/mol. The molecule has 0 nitrogen and oxygen atoms in total. The van der Waals surface area contributed by atoms with E-state index in [1.807, 2.05) is 13.8 Å². The van der Waals surface area contributed by atoms with Crippen molar-refractivity contribution in [3.05, 3.63) is 24.3 Å². The summed E-state index contributed by atoms with van der Waals surface area (Å²) in [7, 11) is 0. The molecule has 1 aliphatic rings. The molecule has 1 rings (SSSR count). The molecule has 0 aromatic carbocycles. The zero-order valence-corrected chi connectivity index (χ0v) is 15.4. The van der Waals surface area contributed by atoms with Gasteiger partial charge in [0.05, 0.1) is 0 Å². The predicted molar refractivity (Wildman–Crippen MR) is 98.5 cm³/mol.